The summed E-state index contributed by atoms with van der Waals surface area (Å²) in [6.45, 7) is 1.73. The number of nitrogens with zero attached hydrogens (tertiary/aromatic N) is 4. The summed E-state index contributed by atoms with van der Waals surface area (Å²) >= 11 is 0. The molecule has 2 aromatic rings. The Morgan fingerprint density at radius 2 is 2.18 bits per heavy atom. The zero-order valence-electron chi connectivity index (χ0n) is 12.2. The third-order valence-electron chi connectivity index (χ3n) is 3.42. The Balaban J connectivity index is 1.88. The number of methoxy groups -OCH3 is 1. The summed E-state index contributed by atoms with van der Waals surface area (Å²) in [4.78, 5) is 29.8. The highest BCUT2D eigenvalue weighted by molar-refractivity contribution is 6.23. The molecule has 0 bridgehead atoms. The maximum atomic E-state index is 12.5. The first kappa shape index (κ1) is 14.2. The number of nitrogens with one attached hydrogen (secondary N) is 1. The van der Waals surface area contributed by atoms with Crippen LogP contribution in [0.5, 0.6) is 0 Å². The van der Waals surface area contributed by atoms with Crippen LogP contribution in [-0.2, 0) is 9.53 Å². The summed E-state index contributed by atoms with van der Waals surface area (Å²) in [5.41, 5.74) is -0.662. The molecule has 3 heterocycles. The highest BCUT2D eigenvalue weighted by atomic mass is 16.5. The van der Waals surface area contributed by atoms with Gasteiger partial charge in [-0.1, -0.05) is 0 Å². The number of ether oxygens (including phenoxy) is 1. The summed E-state index contributed by atoms with van der Waals surface area (Å²) < 4.78 is 6.60. The van der Waals surface area contributed by atoms with E-state index in [1.54, 1.807) is 42.2 Å². The van der Waals surface area contributed by atoms with Crippen LogP contribution in [0.1, 0.15) is 6.92 Å². The van der Waals surface area contributed by atoms with Crippen molar-refractivity contribution in [1.29, 1.82) is 0 Å². The third kappa shape index (κ3) is 2.23. The van der Waals surface area contributed by atoms with E-state index in [9.17, 15) is 9.59 Å². The van der Waals surface area contributed by atoms with Crippen LogP contribution >= 0.6 is 0 Å². The molecule has 1 unspecified atom stereocenters. The largest absolute Gasteiger partial charge is 0.382 e. The molecule has 22 heavy (non-hydrogen) atoms. The van der Waals surface area contributed by atoms with Crippen LogP contribution < -0.4 is 10.2 Å². The SMILES string of the molecule is COCC1(C)NC(=O)N(c2ccc(-n3cccn3)nc2)C1=O. The highest BCUT2D eigenvalue weighted by Gasteiger charge is 2.48. The van der Waals surface area contributed by atoms with E-state index in [4.69, 9.17) is 4.74 Å². The fourth-order valence-corrected chi connectivity index (χ4v) is 2.36. The molecule has 3 rings (SSSR count). The number of carbonyl (C=O) groups excluding carboxylic acids is 2. The van der Waals surface area contributed by atoms with E-state index in [1.807, 2.05) is 0 Å². The molecule has 8 heteroatoms. The summed E-state index contributed by atoms with van der Waals surface area (Å²) in [6, 6.07) is 4.64. The second kappa shape index (κ2) is 5.23. The Labute approximate surface area is 126 Å². The summed E-state index contributed by atoms with van der Waals surface area (Å²) in [7, 11) is 1.48. The van der Waals surface area contributed by atoms with E-state index in [1.165, 1.54) is 13.3 Å². The number of hydrogen-bond donors (Lipinski definition) is 1. The van der Waals surface area contributed by atoms with Crippen LogP contribution in [0.3, 0.4) is 0 Å². The molecular formula is C14H15N5O3. The van der Waals surface area contributed by atoms with Crippen LogP contribution in [0.25, 0.3) is 5.82 Å². The zero-order chi connectivity index (χ0) is 15.7. The first-order valence-corrected chi connectivity index (χ1v) is 6.67. The van der Waals surface area contributed by atoms with Crippen molar-refractivity contribution in [2.24, 2.45) is 0 Å². The molecule has 1 atom stereocenters. The van der Waals surface area contributed by atoms with Crippen LogP contribution in [0.2, 0.25) is 0 Å². The minimum Gasteiger partial charge on any atom is -0.382 e. The Kier molecular flexibility index (Phi) is 3.38. The number of rotatable bonds is 4. The third-order valence-corrected chi connectivity index (χ3v) is 3.42. The van der Waals surface area contributed by atoms with E-state index in [2.05, 4.69) is 15.4 Å². The average molecular weight is 301 g/mol. The monoisotopic (exact) mass is 301 g/mol. The lowest BCUT2D eigenvalue weighted by Gasteiger charge is -2.20. The van der Waals surface area contributed by atoms with Gasteiger partial charge in [0.2, 0.25) is 0 Å². The van der Waals surface area contributed by atoms with Crippen molar-refractivity contribution in [2.45, 2.75) is 12.5 Å². The number of carbonyl (C=O) groups is 2. The van der Waals surface area contributed by atoms with E-state index in [0.29, 0.717) is 11.5 Å². The Bertz CT molecular complexity index is 698. The van der Waals surface area contributed by atoms with Gasteiger partial charge in [0.15, 0.2) is 5.82 Å². The van der Waals surface area contributed by atoms with Gasteiger partial charge in [-0.05, 0) is 25.1 Å². The van der Waals surface area contributed by atoms with Crippen molar-refractivity contribution in [2.75, 3.05) is 18.6 Å². The number of imide groups is 1. The minimum absolute atomic E-state index is 0.104. The van der Waals surface area contributed by atoms with Gasteiger partial charge in [-0.25, -0.2) is 19.4 Å². The number of amides is 3. The van der Waals surface area contributed by atoms with Gasteiger partial charge < -0.3 is 10.1 Å². The predicted molar refractivity (Wildman–Crippen MR) is 77.7 cm³/mol. The number of hydrogen-bond acceptors (Lipinski definition) is 5. The number of pyridine rings is 1. The molecule has 0 aromatic carbocycles. The van der Waals surface area contributed by atoms with Crippen molar-refractivity contribution in [3.8, 4) is 5.82 Å². The molecule has 3 amide bonds. The van der Waals surface area contributed by atoms with E-state index in [-0.39, 0.29) is 12.5 Å². The van der Waals surface area contributed by atoms with Crippen molar-refractivity contribution in [3.63, 3.8) is 0 Å². The van der Waals surface area contributed by atoms with Crippen molar-refractivity contribution < 1.29 is 14.3 Å². The van der Waals surface area contributed by atoms with Gasteiger partial charge in [0.05, 0.1) is 18.5 Å². The second-order valence-electron chi connectivity index (χ2n) is 5.16. The van der Waals surface area contributed by atoms with E-state index < -0.39 is 11.6 Å². The Morgan fingerprint density at radius 1 is 1.36 bits per heavy atom. The molecule has 1 fully saturated rings. The van der Waals surface area contributed by atoms with Crippen molar-refractivity contribution >= 4 is 17.6 Å². The minimum atomic E-state index is -1.06. The molecule has 114 valence electrons. The van der Waals surface area contributed by atoms with E-state index in [0.717, 1.165) is 4.90 Å². The first-order valence-electron chi connectivity index (χ1n) is 6.67. The lowest BCUT2D eigenvalue weighted by Crippen LogP contribution is -2.47. The summed E-state index contributed by atoms with van der Waals surface area (Å²) in [6.07, 6.45) is 4.86. The molecule has 0 saturated carbocycles. The molecular weight excluding hydrogens is 286 g/mol. The highest BCUT2D eigenvalue weighted by Crippen LogP contribution is 2.24. The molecule has 1 N–H and O–H groups in total. The van der Waals surface area contributed by atoms with Gasteiger partial charge in [0.1, 0.15) is 5.54 Å². The maximum Gasteiger partial charge on any atom is 0.329 e. The number of urea groups is 1. The van der Waals surface area contributed by atoms with Crippen LogP contribution in [0, 0.1) is 0 Å². The molecule has 1 aliphatic rings. The molecule has 0 spiro atoms. The molecule has 8 nitrogen and oxygen atoms in total. The fraction of sp³-hybridized carbons (Fsp3) is 0.286. The van der Waals surface area contributed by atoms with Gasteiger partial charge >= 0.3 is 6.03 Å². The second-order valence-corrected chi connectivity index (χ2v) is 5.16. The van der Waals surface area contributed by atoms with Crippen molar-refractivity contribution in [1.82, 2.24) is 20.1 Å². The molecule has 0 radical (unpaired) electrons. The Hall–Kier alpha value is -2.74. The molecule has 1 aliphatic heterocycles. The predicted octanol–water partition coefficient (Wildman–Crippen LogP) is 0.729. The normalized spacial score (nSPS) is 21.3. The van der Waals surface area contributed by atoms with Crippen LogP contribution in [-0.4, -0.2) is 46.0 Å². The smallest absolute Gasteiger partial charge is 0.329 e. The van der Waals surface area contributed by atoms with E-state index >= 15 is 0 Å². The molecule has 2 aromatic heterocycles. The van der Waals surface area contributed by atoms with Crippen LogP contribution in [0.15, 0.2) is 36.8 Å². The van der Waals surface area contributed by atoms with Gasteiger partial charge in [-0.2, -0.15) is 5.10 Å². The van der Waals surface area contributed by atoms with Gasteiger partial charge in [-0.15, -0.1) is 0 Å². The topological polar surface area (TPSA) is 89.3 Å². The summed E-state index contributed by atoms with van der Waals surface area (Å²) in [5, 5.41) is 6.71. The standard InChI is InChI=1S/C14H15N5O3/c1-14(9-22-2)12(20)19(13(21)17-14)10-4-5-11(15-8-10)18-7-3-6-16-18/h3-8H,9H2,1-2H3,(H,17,21). The summed E-state index contributed by atoms with van der Waals surface area (Å²) in [5.74, 6) is 0.230. The molecule has 1 saturated heterocycles. The fourth-order valence-electron chi connectivity index (χ4n) is 2.36. The zero-order valence-corrected chi connectivity index (χ0v) is 12.2. The average Bonchev–Trinajstić information content (AvgIpc) is 3.08. The maximum absolute atomic E-state index is 12.5. The van der Waals surface area contributed by atoms with Crippen molar-refractivity contribution in [3.05, 3.63) is 36.8 Å². The lowest BCUT2D eigenvalue weighted by molar-refractivity contribution is -0.123. The van der Waals surface area contributed by atoms with Gasteiger partial charge in [0, 0.05) is 19.5 Å². The lowest BCUT2D eigenvalue weighted by atomic mass is 10.0. The molecule has 0 aliphatic carbocycles. The number of anilines is 1. The van der Waals surface area contributed by atoms with Gasteiger partial charge in [-0.3, -0.25) is 4.79 Å². The number of aromatic nitrogens is 3. The Morgan fingerprint density at radius 3 is 2.77 bits per heavy atom. The quantitative estimate of drug-likeness (QED) is 0.841. The van der Waals surface area contributed by atoms with Gasteiger partial charge in [0.25, 0.3) is 5.91 Å². The first-order chi connectivity index (χ1) is 10.5. The van der Waals surface area contributed by atoms with Crippen LogP contribution in [0.4, 0.5) is 10.5 Å².